The quantitative estimate of drug-likeness (QED) is 0.793. The zero-order valence-electron chi connectivity index (χ0n) is 9.74. The third kappa shape index (κ3) is 2.09. The highest BCUT2D eigenvalue weighted by Gasteiger charge is 2.22. The molecule has 2 rings (SSSR count). The van der Waals surface area contributed by atoms with Crippen LogP contribution in [0.4, 0.5) is 4.39 Å². The Hall–Kier alpha value is -0.600. The van der Waals surface area contributed by atoms with Crippen molar-refractivity contribution >= 4 is 11.6 Å². The van der Waals surface area contributed by atoms with Gasteiger partial charge in [-0.05, 0) is 68.5 Å². The summed E-state index contributed by atoms with van der Waals surface area (Å²) in [6.07, 6.45) is 2.00. The number of piperidine rings is 1. The minimum Gasteiger partial charge on any atom is -0.317 e. The Morgan fingerprint density at radius 1 is 1.31 bits per heavy atom. The summed E-state index contributed by atoms with van der Waals surface area (Å²) in [7, 11) is 0. The van der Waals surface area contributed by atoms with E-state index < -0.39 is 0 Å². The number of hydrogen-bond acceptors (Lipinski definition) is 1. The number of halogens is 2. The van der Waals surface area contributed by atoms with Crippen LogP contribution in [0.15, 0.2) is 6.07 Å². The van der Waals surface area contributed by atoms with Gasteiger partial charge in [0.1, 0.15) is 5.82 Å². The normalized spacial score (nSPS) is 17.8. The van der Waals surface area contributed by atoms with Gasteiger partial charge in [0.2, 0.25) is 0 Å². The smallest absolute Gasteiger partial charge is 0.129 e. The molecule has 16 heavy (non-hydrogen) atoms. The molecule has 0 radical (unpaired) electrons. The molecular formula is C13H17ClFN. The van der Waals surface area contributed by atoms with E-state index in [-0.39, 0.29) is 5.82 Å². The van der Waals surface area contributed by atoms with Gasteiger partial charge in [0.25, 0.3) is 0 Å². The van der Waals surface area contributed by atoms with E-state index in [0.717, 1.165) is 37.1 Å². The summed E-state index contributed by atoms with van der Waals surface area (Å²) >= 11 is 6.13. The van der Waals surface area contributed by atoms with Crippen molar-refractivity contribution in [3.8, 4) is 0 Å². The van der Waals surface area contributed by atoms with Crippen molar-refractivity contribution in [2.75, 3.05) is 13.1 Å². The van der Waals surface area contributed by atoms with Crippen molar-refractivity contribution in [1.82, 2.24) is 5.32 Å². The van der Waals surface area contributed by atoms with E-state index in [1.54, 1.807) is 13.0 Å². The summed E-state index contributed by atoms with van der Waals surface area (Å²) in [6, 6.07) is 1.72. The topological polar surface area (TPSA) is 12.0 Å². The lowest BCUT2D eigenvalue weighted by atomic mass is 9.86. The molecular weight excluding hydrogens is 225 g/mol. The van der Waals surface area contributed by atoms with Crippen LogP contribution in [-0.4, -0.2) is 13.1 Å². The summed E-state index contributed by atoms with van der Waals surface area (Å²) in [5.41, 5.74) is 2.41. The highest BCUT2D eigenvalue weighted by atomic mass is 35.5. The fourth-order valence-electron chi connectivity index (χ4n) is 2.46. The van der Waals surface area contributed by atoms with Crippen molar-refractivity contribution in [2.24, 2.45) is 0 Å². The molecule has 0 spiro atoms. The fraction of sp³-hybridized carbons (Fsp3) is 0.538. The van der Waals surface area contributed by atoms with E-state index in [4.69, 9.17) is 11.6 Å². The van der Waals surface area contributed by atoms with Crippen LogP contribution in [0.1, 0.15) is 35.4 Å². The monoisotopic (exact) mass is 241 g/mol. The van der Waals surface area contributed by atoms with Gasteiger partial charge < -0.3 is 5.32 Å². The van der Waals surface area contributed by atoms with Crippen molar-refractivity contribution in [1.29, 1.82) is 0 Å². The molecule has 1 heterocycles. The molecule has 88 valence electrons. The first-order valence-electron chi connectivity index (χ1n) is 5.77. The van der Waals surface area contributed by atoms with Gasteiger partial charge in [0.15, 0.2) is 0 Å². The number of benzene rings is 1. The molecule has 0 atom stereocenters. The molecule has 1 saturated heterocycles. The summed E-state index contributed by atoms with van der Waals surface area (Å²) < 4.78 is 14.1. The molecule has 1 fully saturated rings. The molecule has 1 aromatic carbocycles. The van der Waals surface area contributed by atoms with Gasteiger partial charge in [-0.25, -0.2) is 4.39 Å². The van der Waals surface area contributed by atoms with Gasteiger partial charge in [-0.1, -0.05) is 11.6 Å². The van der Waals surface area contributed by atoms with Gasteiger partial charge >= 0.3 is 0 Å². The Balaban J connectivity index is 2.45. The lowest BCUT2D eigenvalue weighted by molar-refractivity contribution is 0.442. The zero-order valence-corrected chi connectivity index (χ0v) is 10.5. The van der Waals surface area contributed by atoms with Crippen LogP contribution >= 0.6 is 11.6 Å². The molecule has 1 aromatic rings. The lowest BCUT2D eigenvalue weighted by Crippen LogP contribution is -2.27. The molecule has 0 amide bonds. The second-order valence-electron chi connectivity index (χ2n) is 4.55. The van der Waals surface area contributed by atoms with E-state index >= 15 is 0 Å². The molecule has 3 heteroatoms. The van der Waals surface area contributed by atoms with Crippen molar-refractivity contribution < 1.29 is 4.39 Å². The maximum absolute atomic E-state index is 14.1. The van der Waals surface area contributed by atoms with Gasteiger partial charge in [-0.2, -0.15) is 0 Å². The van der Waals surface area contributed by atoms with E-state index in [9.17, 15) is 4.39 Å². The largest absolute Gasteiger partial charge is 0.317 e. The average Bonchev–Trinajstić information content (AvgIpc) is 2.28. The van der Waals surface area contributed by atoms with Gasteiger partial charge in [-0.15, -0.1) is 0 Å². The molecule has 1 nitrogen and oxygen atoms in total. The Labute approximate surface area is 101 Å². The van der Waals surface area contributed by atoms with E-state index in [0.29, 0.717) is 16.5 Å². The van der Waals surface area contributed by atoms with Crippen molar-refractivity contribution in [3.05, 3.63) is 33.6 Å². The molecule has 0 saturated carbocycles. The summed E-state index contributed by atoms with van der Waals surface area (Å²) in [4.78, 5) is 0. The minimum absolute atomic E-state index is 0.0613. The second-order valence-corrected chi connectivity index (χ2v) is 4.96. The number of aryl methyl sites for hydroxylation is 1. The Morgan fingerprint density at radius 3 is 2.56 bits per heavy atom. The molecule has 0 unspecified atom stereocenters. The standard InChI is InChI=1S/C13H17ClFN/c1-8-7-11(14)9(2)12(13(8)15)10-3-5-16-6-4-10/h7,10,16H,3-6H2,1-2H3. The van der Waals surface area contributed by atoms with Crippen molar-refractivity contribution in [3.63, 3.8) is 0 Å². The summed E-state index contributed by atoms with van der Waals surface area (Å²) in [5.74, 6) is 0.257. The number of nitrogens with one attached hydrogen (secondary N) is 1. The SMILES string of the molecule is Cc1cc(Cl)c(C)c(C2CCNCC2)c1F. The Bertz CT molecular complexity index is 371. The van der Waals surface area contributed by atoms with Crippen LogP contribution in [0.2, 0.25) is 5.02 Å². The summed E-state index contributed by atoms with van der Waals surface area (Å²) in [5, 5.41) is 3.98. The molecule has 1 aliphatic heterocycles. The minimum atomic E-state index is -0.0613. The average molecular weight is 242 g/mol. The fourth-order valence-corrected chi connectivity index (χ4v) is 2.73. The third-order valence-corrected chi connectivity index (χ3v) is 3.83. The van der Waals surface area contributed by atoms with E-state index in [1.807, 2.05) is 6.92 Å². The maximum Gasteiger partial charge on any atom is 0.129 e. The van der Waals surface area contributed by atoms with Gasteiger partial charge in [0, 0.05) is 5.02 Å². The lowest BCUT2D eigenvalue weighted by Gasteiger charge is -2.26. The second kappa shape index (κ2) is 4.72. The first kappa shape index (κ1) is 11.9. The third-order valence-electron chi connectivity index (χ3n) is 3.44. The molecule has 0 aliphatic carbocycles. The van der Waals surface area contributed by atoms with Crippen LogP contribution < -0.4 is 5.32 Å². The van der Waals surface area contributed by atoms with Gasteiger partial charge in [-0.3, -0.25) is 0 Å². The zero-order chi connectivity index (χ0) is 11.7. The van der Waals surface area contributed by atoms with E-state index in [1.165, 1.54) is 0 Å². The predicted molar refractivity (Wildman–Crippen MR) is 65.7 cm³/mol. The van der Waals surface area contributed by atoms with Crippen LogP contribution in [0, 0.1) is 19.7 Å². The molecule has 1 aliphatic rings. The first-order chi connectivity index (χ1) is 7.61. The van der Waals surface area contributed by atoms with Crippen LogP contribution in [0.3, 0.4) is 0 Å². The van der Waals surface area contributed by atoms with Crippen LogP contribution in [0.25, 0.3) is 0 Å². The Kier molecular flexibility index (Phi) is 3.50. The van der Waals surface area contributed by atoms with Crippen LogP contribution in [0.5, 0.6) is 0 Å². The van der Waals surface area contributed by atoms with Crippen LogP contribution in [-0.2, 0) is 0 Å². The van der Waals surface area contributed by atoms with Gasteiger partial charge in [0.05, 0.1) is 0 Å². The highest BCUT2D eigenvalue weighted by molar-refractivity contribution is 6.31. The first-order valence-corrected chi connectivity index (χ1v) is 6.15. The maximum atomic E-state index is 14.1. The Morgan fingerprint density at radius 2 is 1.94 bits per heavy atom. The highest BCUT2D eigenvalue weighted by Crippen LogP contribution is 2.34. The van der Waals surface area contributed by atoms with Crippen molar-refractivity contribution in [2.45, 2.75) is 32.6 Å². The van der Waals surface area contributed by atoms with E-state index in [2.05, 4.69) is 5.32 Å². The number of hydrogen-bond donors (Lipinski definition) is 1. The molecule has 0 bridgehead atoms. The number of rotatable bonds is 1. The predicted octanol–water partition coefficient (Wildman–Crippen LogP) is 3.56. The molecule has 1 N–H and O–H groups in total. The molecule has 0 aromatic heterocycles. The summed E-state index contributed by atoms with van der Waals surface area (Å²) in [6.45, 7) is 5.64.